The van der Waals surface area contributed by atoms with E-state index in [1.807, 2.05) is 30.3 Å². The summed E-state index contributed by atoms with van der Waals surface area (Å²) in [6, 6.07) is 13.7. The first kappa shape index (κ1) is 21.8. The van der Waals surface area contributed by atoms with Crippen molar-refractivity contribution >= 4 is 22.6 Å². The van der Waals surface area contributed by atoms with E-state index in [0.717, 1.165) is 5.56 Å². The highest BCUT2D eigenvalue weighted by Crippen LogP contribution is 2.42. The van der Waals surface area contributed by atoms with E-state index in [1.54, 1.807) is 6.07 Å². The molecule has 0 aliphatic heterocycles. The zero-order chi connectivity index (χ0) is 24.2. The van der Waals surface area contributed by atoms with Crippen LogP contribution >= 0.6 is 0 Å². The number of nitrogens with two attached hydrogens (primary N) is 3. The first-order chi connectivity index (χ1) is 16.2. The minimum Gasteiger partial charge on any atom is -0.496 e. The topological polar surface area (TPSA) is 155 Å². The number of carbonyl (C=O) groups excluding carboxylic acids is 1. The third-order valence-electron chi connectivity index (χ3n) is 6.12. The molecule has 5 rings (SSSR count). The van der Waals surface area contributed by atoms with Crippen LogP contribution in [0.5, 0.6) is 5.75 Å². The Balaban J connectivity index is 1.70. The smallest absolute Gasteiger partial charge is 0.254 e. The Labute approximate surface area is 193 Å². The molecule has 1 aliphatic carbocycles. The standard InChI is InChI=1S/C24H23FN6O3/c1-34-19-9-17(12-5-3-2-4-6-12)29-18-8-14(16(25)7-15(18)19)21-20(23(27)32)22(26)31(30-21)13-10-24(28,33)11-13/h2-9,13,33H,10-11,26,28H2,1H3,(H2,27,32). The van der Waals surface area contributed by atoms with Gasteiger partial charge in [0.15, 0.2) is 0 Å². The summed E-state index contributed by atoms with van der Waals surface area (Å²) in [5.74, 6) is -1.04. The van der Waals surface area contributed by atoms with Crippen LogP contribution < -0.4 is 21.9 Å². The maximum Gasteiger partial charge on any atom is 0.254 e. The number of anilines is 1. The molecule has 1 aliphatic rings. The number of hydrogen-bond acceptors (Lipinski definition) is 7. The number of ether oxygens (including phenoxy) is 1. The van der Waals surface area contributed by atoms with Crippen LogP contribution in [0.4, 0.5) is 10.2 Å². The van der Waals surface area contributed by atoms with Gasteiger partial charge < -0.3 is 27.0 Å². The van der Waals surface area contributed by atoms with Gasteiger partial charge in [-0.2, -0.15) is 5.10 Å². The lowest BCUT2D eigenvalue weighted by atomic mass is 9.83. The third-order valence-corrected chi connectivity index (χ3v) is 6.12. The SMILES string of the molecule is COc1cc(-c2ccccc2)nc2cc(-c3nn(C4CC(N)(O)C4)c(N)c3C(N)=O)c(F)cc12. The average molecular weight is 462 g/mol. The summed E-state index contributed by atoms with van der Waals surface area (Å²) < 4.78 is 22.2. The first-order valence-corrected chi connectivity index (χ1v) is 10.6. The van der Waals surface area contributed by atoms with Gasteiger partial charge in [0.05, 0.1) is 24.4 Å². The van der Waals surface area contributed by atoms with Crippen LogP contribution in [0.2, 0.25) is 0 Å². The molecule has 1 saturated carbocycles. The first-order valence-electron chi connectivity index (χ1n) is 10.6. The number of methoxy groups -OCH3 is 1. The van der Waals surface area contributed by atoms with E-state index in [0.29, 0.717) is 22.3 Å². The third kappa shape index (κ3) is 3.53. The molecule has 9 nitrogen and oxygen atoms in total. The lowest BCUT2D eigenvalue weighted by Crippen LogP contribution is -2.52. The zero-order valence-electron chi connectivity index (χ0n) is 18.3. The van der Waals surface area contributed by atoms with Gasteiger partial charge in [-0.25, -0.2) is 14.1 Å². The molecular weight excluding hydrogens is 439 g/mol. The van der Waals surface area contributed by atoms with Crippen LogP contribution in [-0.2, 0) is 0 Å². The predicted octanol–water partition coefficient (Wildman–Crippen LogP) is 2.58. The molecule has 2 heterocycles. The number of amides is 1. The average Bonchev–Trinajstić information content (AvgIpc) is 3.13. The van der Waals surface area contributed by atoms with Gasteiger partial charge in [-0.05, 0) is 12.1 Å². The van der Waals surface area contributed by atoms with Crippen LogP contribution in [0.25, 0.3) is 33.4 Å². The number of nitrogens with zero attached hydrogens (tertiary/aromatic N) is 3. The summed E-state index contributed by atoms with van der Waals surface area (Å²) in [4.78, 5) is 16.9. The maximum absolute atomic E-state index is 15.4. The second-order valence-corrected chi connectivity index (χ2v) is 8.51. The van der Waals surface area contributed by atoms with Crippen LogP contribution in [-0.4, -0.2) is 38.6 Å². The van der Waals surface area contributed by atoms with Crippen molar-refractivity contribution in [2.75, 3.05) is 12.8 Å². The molecule has 0 radical (unpaired) electrons. The van der Waals surface area contributed by atoms with Crippen molar-refractivity contribution in [3.05, 3.63) is 59.9 Å². The number of rotatable bonds is 5. The van der Waals surface area contributed by atoms with Crippen molar-refractivity contribution in [2.24, 2.45) is 11.5 Å². The van der Waals surface area contributed by atoms with Gasteiger partial charge in [0, 0.05) is 35.4 Å². The predicted molar refractivity (Wildman–Crippen MR) is 125 cm³/mol. The Morgan fingerprint density at radius 2 is 1.94 bits per heavy atom. The van der Waals surface area contributed by atoms with Gasteiger partial charge in [-0.1, -0.05) is 30.3 Å². The van der Waals surface area contributed by atoms with Crippen LogP contribution in [0.1, 0.15) is 29.2 Å². The molecule has 2 aromatic carbocycles. The normalized spacial score (nSPS) is 19.7. The molecule has 4 aromatic rings. The number of benzene rings is 2. The Bertz CT molecular complexity index is 1430. The van der Waals surface area contributed by atoms with Crippen molar-refractivity contribution in [1.29, 1.82) is 0 Å². The summed E-state index contributed by atoms with van der Waals surface area (Å²) in [6.45, 7) is 0. The van der Waals surface area contributed by atoms with Gasteiger partial charge in [0.1, 0.15) is 34.4 Å². The molecule has 1 amide bonds. The van der Waals surface area contributed by atoms with Crippen LogP contribution in [0.3, 0.4) is 0 Å². The highest BCUT2D eigenvalue weighted by atomic mass is 19.1. The van der Waals surface area contributed by atoms with E-state index in [-0.39, 0.29) is 41.5 Å². The number of pyridine rings is 1. The molecule has 0 saturated heterocycles. The molecular formula is C24H23FN6O3. The van der Waals surface area contributed by atoms with Gasteiger partial charge in [-0.15, -0.1) is 0 Å². The van der Waals surface area contributed by atoms with Gasteiger partial charge in [0.2, 0.25) is 0 Å². The minimum atomic E-state index is -1.33. The number of primary amides is 1. The van der Waals surface area contributed by atoms with E-state index >= 15 is 4.39 Å². The molecule has 1 fully saturated rings. The molecule has 34 heavy (non-hydrogen) atoms. The molecule has 174 valence electrons. The lowest BCUT2D eigenvalue weighted by molar-refractivity contribution is -0.0643. The molecule has 7 N–H and O–H groups in total. The summed E-state index contributed by atoms with van der Waals surface area (Å²) in [6.07, 6.45) is 0.381. The quantitative estimate of drug-likeness (QED) is 0.332. The number of aromatic nitrogens is 3. The minimum absolute atomic E-state index is 0.00254. The lowest BCUT2D eigenvalue weighted by Gasteiger charge is -2.40. The van der Waals surface area contributed by atoms with Crippen molar-refractivity contribution in [3.8, 4) is 28.3 Å². The van der Waals surface area contributed by atoms with Crippen LogP contribution in [0.15, 0.2) is 48.5 Å². The van der Waals surface area contributed by atoms with Gasteiger partial charge in [-0.3, -0.25) is 4.79 Å². The second-order valence-electron chi connectivity index (χ2n) is 8.51. The number of halogens is 1. The highest BCUT2D eigenvalue weighted by Gasteiger charge is 2.42. The van der Waals surface area contributed by atoms with Gasteiger partial charge in [0.25, 0.3) is 5.91 Å². The highest BCUT2D eigenvalue weighted by molar-refractivity contribution is 6.04. The van der Waals surface area contributed by atoms with E-state index in [9.17, 15) is 9.90 Å². The number of hydrogen-bond donors (Lipinski definition) is 4. The molecule has 0 atom stereocenters. The van der Waals surface area contributed by atoms with E-state index in [1.165, 1.54) is 23.9 Å². The summed E-state index contributed by atoms with van der Waals surface area (Å²) in [5, 5.41) is 14.8. The Morgan fingerprint density at radius 3 is 2.56 bits per heavy atom. The second kappa shape index (κ2) is 7.79. The molecule has 0 spiro atoms. The summed E-state index contributed by atoms with van der Waals surface area (Å²) >= 11 is 0. The Hall–Kier alpha value is -4.02. The van der Waals surface area contributed by atoms with Crippen LogP contribution in [0, 0.1) is 5.82 Å². The number of carbonyl (C=O) groups is 1. The van der Waals surface area contributed by atoms with Crippen molar-refractivity contribution in [1.82, 2.24) is 14.8 Å². The zero-order valence-corrected chi connectivity index (χ0v) is 18.3. The fourth-order valence-electron chi connectivity index (χ4n) is 4.41. The fraction of sp³-hybridized carbons (Fsp3) is 0.208. The van der Waals surface area contributed by atoms with Crippen molar-refractivity contribution < 1.29 is 19.0 Å². The van der Waals surface area contributed by atoms with E-state index in [2.05, 4.69) is 10.1 Å². The molecule has 0 bridgehead atoms. The summed E-state index contributed by atoms with van der Waals surface area (Å²) in [5.41, 5.74) is 18.0. The van der Waals surface area contributed by atoms with Gasteiger partial charge >= 0.3 is 0 Å². The van der Waals surface area contributed by atoms with Crippen molar-refractivity contribution in [3.63, 3.8) is 0 Å². The molecule has 2 aromatic heterocycles. The largest absolute Gasteiger partial charge is 0.496 e. The Kier molecular flexibility index (Phi) is 4.99. The monoisotopic (exact) mass is 462 g/mol. The van der Waals surface area contributed by atoms with E-state index in [4.69, 9.17) is 21.9 Å². The number of nitrogen functional groups attached to an aromatic ring is 1. The molecule has 0 unspecified atom stereocenters. The molecule has 10 heteroatoms. The number of fused-ring (bicyclic) bond motifs is 1. The Morgan fingerprint density at radius 1 is 1.24 bits per heavy atom. The fourth-order valence-corrected chi connectivity index (χ4v) is 4.41. The maximum atomic E-state index is 15.4. The number of aliphatic hydroxyl groups is 1. The summed E-state index contributed by atoms with van der Waals surface area (Å²) in [7, 11) is 1.50. The van der Waals surface area contributed by atoms with E-state index < -0.39 is 17.4 Å². The van der Waals surface area contributed by atoms with Crippen molar-refractivity contribution in [2.45, 2.75) is 24.6 Å².